The summed E-state index contributed by atoms with van der Waals surface area (Å²) in [5.74, 6) is 7.42. The van der Waals surface area contributed by atoms with Gasteiger partial charge in [-0.3, -0.25) is 0 Å². The zero-order valence-corrected chi connectivity index (χ0v) is 29.4. The van der Waals surface area contributed by atoms with Gasteiger partial charge in [-0.15, -0.1) is 0 Å². The maximum absolute atomic E-state index is 2.53. The van der Waals surface area contributed by atoms with Gasteiger partial charge in [0.1, 0.15) is 0 Å². The molecule has 0 rings (SSSR count). The second-order valence-electron chi connectivity index (χ2n) is 14.4. The highest BCUT2D eigenvalue weighted by Gasteiger charge is 2.40. The van der Waals surface area contributed by atoms with Crippen LogP contribution in [0.5, 0.6) is 0 Å². The monoisotopic (exact) mass is 537 g/mol. The van der Waals surface area contributed by atoms with Crippen molar-refractivity contribution in [1.29, 1.82) is 0 Å². The molecule has 0 aromatic heterocycles. The van der Waals surface area contributed by atoms with Crippen molar-refractivity contribution in [2.24, 2.45) is 47.3 Å². The molecule has 0 aromatic rings. The second-order valence-corrected chi connectivity index (χ2v) is 19.0. The van der Waals surface area contributed by atoms with Gasteiger partial charge in [0.15, 0.2) is 0 Å². The van der Waals surface area contributed by atoms with Crippen LogP contribution in [-0.2, 0) is 0 Å². The molecular formula is C36H76Si. The summed E-state index contributed by atoms with van der Waals surface area (Å²) in [6, 6.07) is 6.55. The van der Waals surface area contributed by atoms with Crippen molar-refractivity contribution in [3.63, 3.8) is 0 Å². The molecule has 0 spiro atoms. The Balaban J connectivity index is 6.48. The van der Waals surface area contributed by atoms with Crippen LogP contribution in [0.1, 0.15) is 160 Å². The lowest BCUT2D eigenvalue weighted by Gasteiger charge is -2.43. The molecule has 8 unspecified atom stereocenters. The SMILES string of the molecule is CCC(C)CC(CC)C[Si](CC(CC)CC(C)CC)(CC(CC)CC(C)CC)CC(CC)CC(C)CC. The van der Waals surface area contributed by atoms with E-state index in [1.165, 1.54) is 77.0 Å². The predicted molar refractivity (Wildman–Crippen MR) is 176 cm³/mol. The Morgan fingerprint density at radius 2 is 0.514 bits per heavy atom. The van der Waals surface area contributed by atoms with Crippen molar-refractivity contribution in [1.82, 2.24) is 0 Å². The molecule has 0 aliphatic heterocycles. The zero-order valence-electron chi connectivity index (χ0n) is 28.4. The molecule has 0 N–H and O–H groups in total. The van der Waals surface area contributed by atoms with E-state index in [1.54, 1.807) is 24.2 Å². The Kier molecular flexibility index (Phi) is 21.2. The molecule has 0 aromatic carbocycles. The van der Waals surface area contributed by atoms with E-state index in [1.807, 2.05) is 0 Å². The molecule has 0 heterocycles. The molecular weight excluding hydrogens is 460 g/mol. The highest BCUT2D eigenvalue weighted by molar-refractivity contribution is 6.80. The van der Waals surface area contributed by atoms with Gasteiger partial charge in [0.25, 0.3) is 0 Å². The van der Waals surface area contributed by atoms with Crippen molar-refractivity contribution >= 4 is 8.07 Å². The average Bonchev–Trinajstić information content (AvgIpc) is 2.90. The smallest absolute Gasteiger partial charge is 0.0546 e. The van der Waals surface area contributed by atoms with Crippen LogP contribution in [0.25, 0.3) is 0 Å². The lowest BCUT2D eigenvalue weighted by molar-refractivity contribution is 0.356. The van der Waals surface area contributed by atoms with Gasteiger partial charge in [-0.1, -0.05) is 159 Å². The summed E-state index contributed by atoms with van der Waals surface area (Å²) in [7, 11) is -1.45. The van der Waals surface area contributed by atoms with Crippen LogP contribution in [0.4, 0.5) is 0 Å². The fraction of sp³-hybridized carbons (Fsp3) is 1.00. The molecule has 37 heavy (non-hydrogen) atoms. The second kappa shape index (κ2) is 21.0. The summed E-state index contributed by atoms with van der Waals surface area (Å²) < 4.78 is 0. The Bertz CT molecular complexity index is 419. The van der Waals surface area contributed by atoms with E-state index in [2.05, 4.69) is 83.1 Å². The summed E-state index contributed by atoms with van der Waals surface area (Å²) in [6.45, 7) is 29.9. The summed E-state index contributed by atoms with van der Waals surface area (Å²) in [5, 5.41) is 0. The van der Waals surface area contributed by atoms with Gasteiger partial charge in [0, 0.05) is 0 Å². The van der Waals surface area contributed by atoms with Crippen LogP contribution in [0.2, 0.25) is 24.2 Å². The fourth-order valence-electron chi connectivity index (χ4n) is 7.47. The number of hydrogen-bond donors (Lipinski definition) is 0. The molecule has 0 radical (unpaired) electrons. The average molecular weight is 537 g/mol. The molecule has 0 saturated carbocycles. The quantitative estimate of drug-likeness (QED) is 0.108. The lowest BCUT2D eigenvalue weighted by Crippen LogP contribution is -2.43. The molecule has 0 bridgehead atoms. The van der Waals surface area contributed by atoms with E-state index in [-0.39, 0.29) is 0 Å². The summed E-state index contributed by atoms with van der Waals surface area (Å²) in [6.07, 6.45) is 17.0. The van der Waals surface area contributed by atoms with Gasteiger partial charge in [0.2, 0.25) is 0 Å². The molecule has 1 heteroatoms. The van der Waals surface area contributed by atoms with Crippen molar-refractivity contribution in [3.8, 4) is 0 Å². The Hall–Kier alpha value is 0.217. The first kappa shape index (κ1) is 37.2. The van der Waals surface area contributed by atoms with Crippen LogP contribution in [0.15, 0.2) is 0 Å². The van der Waals surface area contributed by atoms with E-state index in [0.717, 1.165) is 47.3 Å². The molecule has 0 amide bonds. The minimum absolute atomic E-state index is 0.892. The molecule has 0 saturated heterocycles. The third-order valence-electron chi connectivity index (χ3n) is 10.9. The highest BCUT2D eigenvalue weighted by atomic mass is 28.3. The van der Waals surface area contributed by atoms with E-state index in [4.69, 9.17) is 0 Å². The van der Waals surface area contributed by atoms with Crippen LogP contribution in [0.3, 0.4) is 0 Å². The van der Waals surface area contributed by atoms with Gasteiger partial charge in [0.05, 0.1) is 8.07 Å². The highest BCUT2D eigenvalue weighted by Crippen LogP contribution is 2.45. The Labute approximate surface area is 239 Å². The van der Waals surface area contributed by atoms with Crippen LogP contribution >= 0.6 is 0 Å². The van der Waals surface area contributed by atoms with E-state index < -0.39 is 8.07 Å². The largest absolute Gasteiger partial charge is 0.0651 e. The fourth-order valence-corrected chi connectivity index (χ4v) is 15.2. The van der Waals surface area contributed by atoms with Gasteiger partial charge in [-0.2, -0.15) is 0 Å². The van der Waals surface area contributed by atoms with Crippen LogP contribution in [-0.4, -0.2) is 8.07 Å². The van der Waals surface area contributed by atoms with Crippen molar-refractivity contribution < 1.29 is 0 Å². The zero-order chi connectivity index (χ0) is 28.4. The summed E-state index contributed by atoms with van der Waals surface area (Å²) >= 11 is 0. The normalized spacial score (nSPS) is 20.4. The third kappa shape index (κ3) is 15.6. The first-order valence-electron chi connectivity index (χ1n) is 17.5. The first-order valence-corrected chi connectivity index (χ1v) is 20.4. The van der Waals surface area contributed by atoms with E-state index in [9.17, 15) is 0 Å². The standard InChI is InChI=1S/C36H76Si/c1-13-29(9)21-33(17-5)25-37(26-34(18-6)22-30(10)14-2,27-35(19-7)23-31(11)15-3)28-36(20-8)24-32(12)16-4/h29-36H,13-28H2,1-12H3. The maximum Gasteiger partial charge on any atom is 0.0546 e. The molecule has 0 nitrogen and oxygen atoms in total. The Morgan fingerprint density at radius 3 is 0.649 bits per heavy atom. The summed E-state index contributed by atoms with van der Waals surface area (Å²) in [4.78, 5) is 0. The lowest BCUT2D eigenvalue weighted by atomic mass is 9.92. The molecule has 0 fully saturated rings. The van der Waals surface area contributed by atoms with E-state index >= 15 is 0 Å². The number of hydrogen-bond acceptors (Lipinski definition) is 0. The Morgan fingerprint density at radius 1 is 0.324 bits per heavy atom. The van der Waals surface area contributed by atoms with Gasteiger partial charge in [-0.05, 0) is 73.0 Å². The molecule has 0 aliphatic carbocycles. The topological polar surface area (TPSA) is 0 Å². The molecule has 0 aliphatic rings. The molecule has 224 valence electrons. The van der Waals surface area contributed by atoms with Crippen LogP contribution in [0, 0.1) is 47.3 Å². The van der Waals surface area contributed by atoms with Crippen molar-refractivity contribution in [2.45, 2.75) is 184 Å². The molecule has 8 atom stereocenters. The van der Waals surface area contributed by atoms with E-state index in [0.29, 0.717) is 0 Å². The van der Waals surface area contributed by atoms with Crippen molar-refractivity contribution in [3.05, 3.63) is 0 Å². The number of rotatable bonds is 24. The first-order chi connectivity index (χ1) is 17.5. The van der Waals surface area contributed by atoms with Gasteiger partial charge in [-0.25, -0.2) is 0 Å². The third-order valence-corrected chi connectivity index (χ3v) is 16.7. The predicted octanol–water partition coefficient (Wildman–Crippen LogP) is 13.3. The van der Waals surface area contributed by atoms with Crippen molar-refractivity contribution in [2.75, 3.05) is 0 Å². The summed E-state index contributed by atoms with van der Waals surface area (Å²) in [5.41, 5.74) is 0. The minimum Gasteiger partial charge on any atom is -0.0651 e. The van der Waals surface area contributed by atoms with Gasteiger partial charge >= 0.3 is 0 Å². The maximum atomic E-state index is 2.53. The minimum atomic E-state index is -1.45. The van der Waals surface area contributed by atoms with Gasteiger partial charge < -0.3 is 0 Å². The van der Waals surface area contributed by atoms with Crippen LogP contribution < -0.4 is 0 Å².